The second kappa shape index (κ2) is 5.92. The Kier molecular flexibility index (Phi) is 4.25. The van der Waals surface area contributed by atoms with Crippen LogP contribution in [-0.2, 0) is 6.54 Å². The highest BCUT2D eigenvalue weighted by Crippen LogP contribution is 2.19. The van der Waals surface area contributed by atoms with Crippen molar-refractivity contribution >= 4 is 23.3 Å². The van der Waals surface area contributed by atoms with Crippen LogP contribution in [0.4, 0.5) is 5.82 Å². The van der Waals surface area contributed by atoms with Crippen molar-refractivity contribution in [3.63, 3.8) is 0 Å². The van der Waals surface area contributed by atoms with Crippen LogP contribution in [0.15, 0.2) is 36.4 Å². The molecule has 0 saturated heterocycles. The summed E-state index contributed by atoms with van der Waals surface area (Å²) in [5.74, 6) is 0.739. The van der Waals surface area contributed by atoms with Gasteiger partial charge in [-0.3, -0.25) is 5.41 Å². The highest BCUT2D eigenvalue weighted by Gasteiger charge is 2.12. The van der Waals surface area contributed by atoms with E-state index in [4.69, 9.17) is 22.7 Å². The van der Waals surface area contributed by atoms with Crippen LogP contribution in [0.25, 0.3) is 0 Å². The number of anilines is 1. The molecule has 0 aliphatic heterocycles. The standard InChI is InChI=1S/C15H17ClN4/c1-10-3-8-13(14(17)18)15(19-10)20(2)9-11-4-6-12(16)7-5-11/h3-8H,9H2,1-2H3,(H3,17,18). The number of nitrogens with one attached hydrogen (secondary N) is 1. The summed E-state index contributed by atoms with van der Waals surface area (Å²) in [6.07, 6.45) is 0. The second-order valence-corrected chi connectivity index (χ2v) is 5.16. The molecule has 1 aromatic heterocycles. The Morgan fingerprint density at radius 1 is 1.25 bits per heavy atom. The lowest BCUT2D eigenvalue weighted by atomic mass is 10.1. The lowest BCUT2D eigenvalue weighted by molar-refractivity contribution is 0.890. The van der Waals surface area contributed by atoms with Gasteiger partial charge in [-0.05, 0) is 36.8 Å². The Morgan fingerprint density at radius 2 is 1.90 bits per heavy atom. The first kappa shape index (κ1) is 14.3. The van der Waals surface area contributed by atoms with Crippen molar-refractivity contribution in [2.45, 2.75) is 13.5 Å². The molecule has 3 N–H and O–H groups in total. The maximum absolute atomic E-state index is 7.64. The van der Waals surface area contributed by atoms with E-state index < -0.39 is 0 Å². The molecule has 2 aromatic rings. The van der Waals surface area contributed by atoms with Gasteiger partial charge in [0.25, 0.3) is 0 Å². The first-order valence-electron chi connectivity index (χ1n) is 6.25. The number of hydrogen-bond donors (Lipinski definition) is 2. The minimum absolute atomic E-state index is 0.0236. The maximum Gasteiger partial charge on any atom is 0.139 e. The molecule has 0 unspecified atom stereocenters. The molecule has 0 aliphatic rings. The monoisotopic (exact) mass is 288 g/mol. The molecular weight excluding hydrogens is 272 g/mol. The van der Waals surface area contributed by atoms with Crippen LogP contribution in [0, 0.1) is 12.3 Å². The molecule has 1 heterocycles. The highest BCUT2D eigenvalue weighted by atomic mass is 35.5. The summed E-state index contributed by atoms with van der Waals surface area (Å²) < 4.78 is 0. The van der Waals surface area contributed by atoms with Gasteiger partial charge < -0.3 is 10.6 Å². The first-order chi connectivity index (χ1) is 9.47. The fraction of sp³-hybridized carbons (Fsp3) is 0.200. The number of pyridine rings is 1. The van der Waals surface area contributed by atoms with E-state index in [1.165, 1.54) is 0 Å². The predicted molar refractivity (Wildman–Crippen MR) is 83.5 cm³/mol. The molecule has 0 aliphatic carbocycles. The Labute approximate surface area is 123 Å². The summed E-state index contributed by atoms with van der Waals surface area (Å²) in [6, 6.07) is 11.4. The number of nitrogens with zero attached hydrogens (tertiary/aromatic N) is 2. The number of nitrogens with two attached hydrogens (primary N) is 1. The van der Waals surface area contributed by atoms with E-state index in [-0.39, 0.29) is 5.84 Å². The average Bonchev–Trinajstić information content (AvgIpc) is 2.41. The van der Waals surface area contributed by atoms with E-state index in [1.807, 2.05) is 55.3 Å². The SMILES string of the molecule is Cc1ccc(C(=N)N)c(N(C)Cc2ccc(Cl)cc2)n1. The zero-order valence-corrected chi connectivity index (χ0v) is 12.3. The van der Waals surface area contributed by atoms with E-state index in [9.17, 15) is 0 Å². The van der Waals surface area contributed by atoms with Crippen LogP contribution in [0.3, 0.4) is 0 Å². The van der Waals surface area contributed by atoms with Crippen molar-refractivity contribution in [3.8, 4) is 0 Å². The highest BCUT2D eigenvalue weighted by molar-refractivity contribution is 6.30. The van der Waals surface area contributed by atoms with Gasteiger partial charge in [0.05, 0.1) is 5.56 Å². The third-order valence-corrected chi connectivity index (χ3v) is 3.25. The van der Waals surface area contributed by atoms with Crippen molar-refractivity contribution in [2.24, 2.45) is 5.73 Å². The van der Waals surface area contributed by atoms with Crippen LogP contribution < -0.4 is 10.6 Å². The quantitative estimate of drug-likeness (QED) is 0.671. The molecule has 2 rings (SSSR count). The number of halogens is 1. The average molecular weight is 289 g/mol. The van der Waals surface area contributed by atoms with Crippen molar-refractivity contribution < 1.29 is 0 Å². The van der Waals surface area contributed by atoms with Crippen LogP contribution >= 0.6 is 11.6 Å². The number of amidine groups is 1. The van der Waals surface area contributed by atoms with Crippen molar-refractivity contribution in [1.29, 1.82) is 5.41 Å². The third kappa shape index (κ3) is 3.27. The van der Waals surface area contributed by atoms with Gasteiger partial charge in [0.1, 0.15) is 11.7 Å². The lowest BCUT2D eigenvalue weighted by Gasteiger charge is -2.21. The third-order valence-electron chi connectivity index (χ3n) is 3.00. The van der Waals surface area contributed by atoms with Crippen LogP contribution in [-0.4, -0.2) is 17.9 Å². The van der Waals surface area contributed by atoms with Crippen LogP contribution in [0.2, 0.25) is 5.02 Å². The van der Waals surface area contributed by atoms with Gasteiger partial charge >= 0.3 is 0 Å². The molecule has 0 amide bonds. The summed E-state index contributed by atoms with van der Waals surface area (Å²) in [5, 5.41) is 8.36. The summed E-state index contributed by atoms with van der Waals surface area (Å²) in [5.41, 5.74) is 8.28. The molecule has 0 spiro atoms. The lowest BCUT2D eigenvalue weighted by Crippen LogP contribution is -2.23. The van der Waals surface area contributed by atoms with Crippen molar-refractivity contribution in [1.82, 2.24) is 4.98 Å². The second-order valence-electron chi connectivity index (χ2n) is 4.72. The molecule has 1 aromatic carbocycles. The zero-order chi connectivity index (χ0) is 14.7. The molecule has 20 heavy (non-hydrogen) atoms. The molecule has 0 radical (unpaired) electrons. The minimum atomic E-state index is 0.0236. The number of rotatable bonds is 4. The number of aryl methyl sites for hydroxylation is 1. The van der Waals surface area contributed by atoms with Gasteiger partial charge in [0.2, 0.25) is 0 Å². The van der Waals surface area contributed by atoms with Gasteiger partial charge in [-0.1, -0.05) is 23.7 Å². The van der Waals surface area contributed by atoms with Gasteiger partial charge in [0, 0.05) is 24.3 Å². The summed E-state index contributed by atoms with van der Waals surface area (Å²) >= 11 is 5.88. The number of benzene rings is 1. The van der Waals surface area contributed by atoms with E-state index in [0.29, 0.717) is 17.9 Å². The summed E-state index contributed by atoms with van der Waals surface area (Å²) in [4.78, 5) is 6.47. The normalized spacial score (nSPS) is 10.3. The molecule has 104 valence electrons. The Balaban J connectivity index is 2.28. The van der Waals surface area contributed by atoms with E-state index >= 15 is 0 Å². The molecule has 4 nitrogen and oxygen atoms in total. The summed E-state index contributed by atoms with van der Waals surface area (Å²) in [7, 11) is 1.93. The smallest absolute Gasteiger partial charge is 0.139 e. The minimum Gasteiger partial charge on any atom is -0.384 e. The largest absolute Gasteiger partial charge is 0.384 e. The van der Waals surface area contributed by atoms with Crippen molar-refractivity contribution in [3.05, 3.63) is 58.2 Å². The van der Waals surface area contributed by atoms with Gasteiger partial charge in [0.15, 0.2) is 0 Å². The molecule has 0 fully saturated rings. The van der Waals surface area contributed by atoms with Crippen LogP contribution in [0.5, 0.6) is 0 Å². The number of nitrogen functional groups attached to an aromatic ring is 1. The fourth-order valence-corrected chi connectivity index (χ4v) is 2.11. The predicted octanol–water partition coefficient (Wildman–Crippen LogP) is 2.96. The van der Waals surface area contributed by atoms with Gasteiger partial charge in [-0.25, -0.2) is 4.98 Å². The zero-order valence-electron chi connectivity index (χ0n) is 11.5. The Bertz CT molecular complexity index is 622. The molecule has 0 saturated carbocycles. The molecule has 0 bridgehead atoms. The summed E-state index contributed by atoms with van der Waals surface area (Å²) in [6.45, 7) is 2.59. The van der Waals surface area contributed by atoms with E-state index in [1.54, 1.807) is 0 Å². The van der Waals surface area contributed by atoms with Crippen LogP contribution in [0.1, 0.15) is 16.8 Å². The Morgan fingerprint density at radius 3 is 2.50 bits per heavy atom. The fourth-order valence-electron chi connectivity index (χ4n) is 1.98. The van der Waals surface area contributed by atoms with Crippen molar-refractivity contribution in [2.75, 3.05) is 11.9 Å². The molecule has 5 heteroatoms. The topological polar surface area (TPSA) is 66.0 Å². The number of aromatic nitrogens is 1. The Hall–Kier alpha value is -2.07. The molecular formula is C15H17ClN4. The van der Waals surface area contributed by atoms with Gasteiger partial charge in [-0.2, -0.15) is 0 Å². The number of hydrogen-bond acceptors (Lipinski definition) is 3. The van der Waals surface area contributed by atoms with E-state index in [0.717, 1.165) is 16.3 Å². The maximum atomic E-state index is 7.64. The van der Waals surface area contributed by atoms with Gasteiger partial charge in [-0.15, -0.1) is 0 Å². The van der Waals surface area contributed by atoms with E-state index in [2.05, 4.69) is 4.98 Å². The molecule has 0 atom stereocenters. The first-order valence-corrected chi connectivity index (χ1v) is 6.63.